The second-order valence-electron chi connectivity index (χ2n) is 7.90. The summed E-state index contributed by atoms with van der Waals surface area (Å²) in [5.74, 6) is 0.0752. The van der Waals surface area contributed by atoms with Crippen molar-refractivity contribution in [1.82, 2.24) is 5.32 Å². The van der Waals surface area contributed by atoms with Gasteiger partial charge in [0.25, 0.3) is 0 Å². The number of nitrogens with one attached hydrogen (secondary N) is 1. The zero-order valence-corrected chi connectivity index (χ0v) is 16.6. The molecule has 29 heavy (non-hydrogen) atoms. The van der Waals surface area contributed by atoms with E-state index in [2.05, 4.69) is 59.9 Å². The molecule has 4 atom stereocenters. The van der Waals surface area contributed by atoms with Crippen LogP contribution in [-0.2, 0) is 4.79 Å². The lowest BCUT2D eigenvalue weighted by Gasteiger charge is -2.41. The smallest absolute Gasteiger partial charge is 0.225 e. The summed E-state index contributed by atoms with van der Waals surface area (Å²) in [7, 11) is 0. The minimum absolute atomic E-state index is 0.0309. The summed E-state index contributed by atoms with van der Waals surface area (Å²) < 4.78 is 0. The van der Waals surface area contributed by atoms with Gasteiger partial charge in [-0.2, -0.15) is 0 Å². The van der Waals surface area contributed by atoms with Crippen molar-refractivity contribution in [3.05, 3.63) is 108 Å². The average molecular weight is 385 g/mol. The lowest BCUT2D eigenvalue weighted by Crippen LogP contribution is -2.41. The van der Waals surface area contributed by atoms with Crippen LogP contribution in [0.5, 0.6) is 0 Å². The summed E-state index contributed by atoms with van der Waals surface area (Å²) in [4.78, 5) is 12.8. The molecule has 1 amide bonds. The van der Waals surface area contributed by atoms with Gasteiger partial charge in [0.1, 0.15) is 0 Å². The highest BCUT2D eigenvalue weighted by molar-refractivity contribution is 5.83. The van der Waals surface area contributed by atoms with Gasteiger partial charge in [-0.3, -0.25) is 4.79 Å². The highest BCUT2D eigenvalue weighted by atomic mass is 16.1. The van der Waals surface area contributed by atoms with Crippen molar-refractivity contribution in [2.75, 3.05) is 13.1 Å². The highest BCUT2D eigenvalue weighted by Gasteiger charge is 2.40. The van der Waals surface area contributed by atoms with Gasteiger partial charge in [0.15, 0.2) is 0 Å². The predicted octanol–water partition coefficient (Wildman–Crippen LogP) is 4.43. The Morgan fingerprint density at radius 2 is 1.38 bits per heavy atom. The third kappa shape index (κ3) is 4.25. The summed E-state index contributed by atoms with van der Waals surface area (Å²) in [5.41, 5.74) is 9.55. The fraction of sp³-hybridized carbons (Fsp3) is 0.269. The number of primary amides is 1. The Kier molecular flexibility index (Phi) is 6.06. The molecule has 0 radical (unpaired) electrons. The minimum Gasteiger partial charge on any atom is -0.369 e. The average Bonchev–Trinajstić information content (AvgIpc) is 2.79. The normalized spacial score (nSPS) is 21.2. The molecule has 1 heterocycles. The van der Waals surface area contributed by atoms with Gasteiger partial charge in [-0.1, -0.05) is 91.0 Å². The molecule has 0 spiro atoms. The van der Waals surface area contributed by atoms with Crippen LogP contribution in [0.1, 0.15) is 40.9 Å². The van der Waals surface area contributed by atoms with Crippen molar-refractivity contribution in [3.63, 3.8) is 0 Å². The fourth-order valence-corrected chi connectivity index (χ4v) is 4.95. The largest absolute Gasteiger partial charge is 0.369 e. The Labute approximate surface area is 173 Å². The Morgan fingerprint density at radius 3 is 1.97 bits per heavy atom. The van der Waals surface area contributed by atoms with Crippen LogP contribution < -0.4 is 11.1 Å². The van der Waals surface area contributed by atoms with E-state index in [-0.39, 0.29) is 17.7 Å². The molecule has 0 saturated carbocycles. The molecule has 148 valence electrons. The number of amides is 1. The van der Waals surface area contributed by atoms with Crippen LogP contribution >= 0.6 is 0 Å². The van der Waals surface area contributed by atoms with Gasteiger partial charge in [-0.25, -0.2) is 0 Å². The van der Waals surface area contributed by atoms with Gasteiger partial charge in [-0.05, 0) is 41.5 Å². The van der Waals surface area contributed by atoms with Gasteiger partial charge >= 0.3 is 0 Å². The Bertz CT molecular complexity index is 911. The summed E-state index contributed by atoms with van der Waals surface area (Å²) >= 11 is 0. The van der Waals surface area contributed by atoms with Crippen molar-refractivity contribution in [2.45, 2.75) is 24.2 Å². The van der Waals surface area contributed by atoms with E-state index in [1.165, 1.54) is 11.1 Å². The van der Waals surface area contributed by atoms with Crippen LogP contribution in [0.15, 0.2) is 91.0 Å². The summed E-state index contributed by atoms with van der Waals surface area (Å²) in [5, 5.41) is 3.56. The molecule has 3 heteroatoms. The first kappa shape index (κ1) is 19.4. The summed E-state index contributed by atoms with van der Waals surface area (Å²) in [6, 6.07) is 31.1. The molecular formula is C26H28N2O. The van der Waals surface area contributed by atoms with Crippen molar-refractivity contribution < 1.29 is 4.79 Å². The third-order valence-electron chi connectivity index (χ3n) is 6.23. The molecule has 1 fully saturated rings. The summed E-state index contributed by atoms with van der Waals surface area (Å²) in [6.07, 6.45) is 1.01. The van der Waals surface area contributed by atoms with Crippen LogP contribution in [0.25, 0.3) is 0 Å². The lowest BCUT2D eigenvalue weighted by atomic mass is 9.65. The molecule has 0 aliphatic carbocycles. The molecule has 0 aromatic heterocycles. The van der Waals surface area contributed by atoms with E-state index in [0.717, 1.165) is 25.1 Å². The lowest BCUT2D eigenvalue weighted by molar-refractivity contribution is -0.120. The quantitative estimate of drug-likeness (QED) is 0.660. The molecule has 3 nitrogen and oxygen atoms in total. The number of piperidine rings is 1. The zero-order valence-electron chi connectivity index (χ0n) is 16.6. The van der Waals surface area contributed by atoms with Crippen LogP contribution in [-0.4, -0.2) is 19.0 Å². The molecule has 3 N–H and O–H groups in total. The standard InChI is InChI=1S/C26H28N2O/c27-26(29)25(21-14-8-3-9-15-21)24(20-12-6-2-7-13-20)22-16-17-28-18-23(22)19-10-4-1-5-11-19/h1-15,22-25,28H,16-18H2,(H2,27,29). The Balaban J connectivity index is 1.82. The molecule has 4 unspecified atom stereocenters. The molecule has 1 aliphatic rings. The Hall–Kier alpha value is -2.91. The molecule has 3 aromatic rings. The predicted molar refractivity (Wildman–Crippen MR) is 118 cm³/mol. The van der Waals surface area contributed by atoms with Gasteiger partial charge < -0.3 is 11.1 Å². The van der Waals surface area contributed by atoms with Gasteiger partial charge in [-0.15, -0.1) is 0 Å². The third-order valence-corrected chi connectivity index (χ3v) is 6.23. The van der Waals surface area contributed by atoms with Crippen molar-refractivity contribution >= 4 is 5.91 Å². The molecular weight excluding hydrogens is 356 g/mol. The highest BCUT2D eigenvalue weighted by Crippen LogP contribution is 2.46. The number of benzene rings is 3. The van der Waals surface area contributed by atoms with Crippen LogP contribution in [0, 0.1) is 5.92 Å². The first-order valence-corrected chi connectivity index (χ1v) is 10.4. The van der Waals surface area contributed by atoms with Gasteiger partial charge in [0, 0.05) is 12.5 Å². The van der Waals surface area contributed by atoms with E-state index >= 15 is 0 Å². The van der Waals surface area contributed by atoms with E-state index in [4.69, 9.17) is 5.73 Å². The maximum Gasteiger partial charge on any atom is 0.225 e. The number of hydrogen-bond donors (Lipinski definition) is 2. The van der Waals surface area contributed by atoms with Crippen LogP contribution in [0.3, 0.4) is 0 Å². The number of nitrogens with two attached hydrogens (primary N) is 1. The maximum atomic E-state index is 12.8. The molecule has 0 bridgehead atoms. The Morgan fingerprint density at radius 1 is 0.828 bits per heavy atom. The zero-order chi connectivity index (χ0) is 20.1. The first-order chi connectivity index (χ1) is 14.3. The maximum absolute atomic E-state index is 12.8. The SMILES string of the molecule is NC(=O)C(c1ccccc1)C(c1ccccc1)C1CCNCC1c1ccccc1. The number of hydrogen-bond acceptors (Lipinski definition) is 2. The minimum atomic E-state index is -0.354. The number of rotatable bonds is 6. The van der Waals surface area contributed by atoms with E-state index in [1.54, 1.807) is 0 Å². The fourth-order valence-electron chi connectivity index (χ4n) is 4.95. The molecule has 1 aliphatic heterocycles. The van der Waals surface area contributed by atoms with Crippen LogP contribution in [0.4, 0.5) is 0 Å². The molecule has 3 aromatic carbocycles. The molecule has 1 saturated heterocycles. The monoisotopic (exact) mass is 384 g/mol. The topological polar surface area (TPSA) is 55.1 Å². The van der Waals surface area contributed by atoms with E-state index in [0.29, 0.717) is 11.8 Å². The second kappa shape index (κ2) is 9.06. The van der Waals surface area contributed by atoms with E-state index < -0.39 is 0 Å². The van der Waals surface area contributed by atoms with Gasteiger partial charge in [0.05, 0.1) is 5.92 Å². The number of carbonyl (C=O) groups is 1. The van der Waals surface area contributed by atoms with Crippen molar-refractivity contribution in [3.8, 4) is 0 Å². The van der Waals surface area contributed by atoms with Gasteiger partial charge in [0.2, 0.25) is 5.91 Å². The van der Waals surface area contributed by atoms with Crippen molar-refractivity contribution in [2.24, 2.45) is 11.7 Å². The summed E-state index contributed by atoms with van der Waals surface area (Å²) in [6.45, 7) is 1.87. The van der Waals surface area contributed by atoms with Crippen molar-refractivity contribution in [1.29, 1.82) is 0 Å². The van der Waals surface area contributed by atoms with E-state index in [1.807, 2.05) is 36.4 Å². The second-order valence-corrected chi connectivity index (χ2v) is 7.90. The first-order valence-electron chi connectivity index (χ1n) is 10.4. The molecule has 4 rings (SSSR count). The number of carbonyl (C=O) groups excluding carboxylic acids is 1. The van der Waals surface area contributed by atoms with E-state index in [9.17, 15) is 4.79 Å². The van der Waals surface area contributed by atoms with Crippen LogP contribution in [0.2, 0.25) is 0 Å².